The second kappa shape index (κ2) is 7.20. The zero-order valence-electron chi connectivity index (χ0n) is 12.5. The smallest absolute Gasteiger partial charge is 0.241 e. The zero-order valence-corrected chi connectivity index (χ0v) is 13.3. The second-order valence-corrected chi connectivity index (χ2v) is 6.53. The van der Waals surface area contributed by atoms with Gasteiger partial charge in [-0.3, -0.25) is 10.1 Å². The fourth-order valence-electron chi connectivity index (χ4n) is 2.58. The third-order valence-electron chi connectivity index (χ3n) is 3.69. The highest BCUT2D eigenvalue weighted by Crippen LogP contribution is 2.31. The van der Waals surface area contributed by atoms with E-state index in [-0.39, 0.29) is 18.1 Å². The summed E-state index contributed by atoms with van der Waals surface area (Å²) in [6.45, 7) is 5.72. The van der Waals surface area contributed by atoms with Crippen molar-refractivity contribution >= 4 is 17.2 Å². The molecule has 0 aliphatic carbocycles. The third-order valence-corrected chi connectivity index (χ3v) is 4.74. The lowest BCUT2D eigenvalue weighted by molar-refractivity contribution is -0.130. The van der Waals surface area contributed by atoms with Crippen molar-refractivity contribution in [3.8, 4) is 0 Å². The molecule has 0 spiro atoms. The Morgan fingerprint density at radius 3 is 2.80 bits per heavy atom. The molecular weight excluding hydrogens is 272 g/mol. The van der Waals surface area contributed by atoms with E-state index >= 15 is 0 Å². The van der Waals surface area contributed by atoms with Gasteiger partial charge in [0.1, 0.15) is 6.17 Å². The summed E-state index contributed by atoms with van der Waals surface area (Å²) < 4.78 is 5.07. The van der Waals surface area contributed by atoms with E-state index in [1.165, 1.54) is 9.75 Å². The highest BCUT2D eigenvalue weighted by Gasteiger charge is 2.38. The number of carbonyl (C=O) groups excluding carboxylic acids is 1. The minimum Gasteiger partial charge on any atom is -0.385 e. The number of rotatable bonds is 7. The number of thiophene rings is 1. The number of hydrogen-bond donors (Lipinski definition) is 1. The molecule has 112 valence electrons. The van der Waals surface area contributed by atoms with Crippen LogP contribution < -0.4 is 5.32 Å². The predicted octanol–water partition coefficient (Wildman–Crippen LogP) is 2.69. The lowest BCUT2D eigenvalue weighted by Gasteiger charge is -2.23. The molecule has 0 saturated carbocycles. The van der Waals surface area contributed by atoms with Crippen LogP contribution in [0.1, 0.15) is 42.1 Å². The molecule has 0 bridgehead atoms. The number of nitrogens with zero attached hydrogens (tertiary/aromatic N) is 1. The minimum atomic E-state index is -0.0372. The van der Waals surface area contributed by atoms with Gasteiger partial charge in [-0.05, 0) is 38.3 Å². The zero-order chi connectivity index (χ0) is 14.5. The van der Waals surface area contributed by atoms with Crippen molar-refractivity contribution in [1.82, 2.24) is 10.2 Å². The molecule has 2 atom stereocenters. The fraction of sp³-hybridized carbons (Fsp3) is 0.667. The van der Waals surface area contributed by atoms with Crippen LogP contribution in [-0.2, 0) is 9.53 Å². The van der Waals surface area contributed by atoms with Gasteiger partial charge in [-0.1, -0.05) is 6.92 Å². The van der Waals surface area contributed by atoms with Gasteiger partial charge in [-0.2, -0.15) is 0 Å². The van der Waals surface area contributed by atoms with E-state index in [1.807, 2.05) is 4.90 Å². The van der Waals surface area contributed by atoms with E-state index in [2.05, 4.69) is 31.3 Å². The average molecular weight is 296 g/mol. The van der Waals surface area contributed by atoms with Crippen LogP contribution in [0.2, 0.25) is 0 Å². The average Bonchev–Trinajstić information content (AvgIpc) is 2.99. The Hall–Kier alpha value is -0.910. The van der Waals surface area contributed by atoms with Crippen LogP contribution >= 0.6 is 11.3 Å². The standard InChI is InChI=1S/C15H24N2O2S/c1-4-12-15(18)17(9-5-6-10-19-3)14(16-12)13-8-7-11(2)20-13/h7-8,12,14,16H,4-6,9-10H2,1-3H3. The lowest BCUT2D eigenvalue weighted by Crippen LogP contribution is -2.31. The second-order valence-electron chi connectivity index (χ2n) is 5.21. The molecule has 5 heteroatoms. The summed E-state index contributed by atoms with van der Waals surface area (Å²) in [7, 11) is 1.72. The molecule has 0 aromatic carbocycles. The number of aryl methyl sites for hydroxylation is 1. The van der Waals surface area contributed by atoms with Crippen LogP contribution in [0.3, 0.4) is 0 Å². The van der Waals surface area contributed by atoms with Gasteiger partial charge in [0.25, 0.3) is 0 Å². The van der Waals surface area contributed by atoms with Crippen LogP contribution in [-0.4, -0.2) is 37.1 Å². The molecule has 1 aromatic rings. The third kappa shape index (κ3) is 3.40. The van der Waals surface area contributed by atoms with E-state index in [0.29, 0.717) is 0 Å². The molecular formula is C15H24N2O2S. The van der Waals surface area contributed by atoms with E-state index in [4.69, 9.17) is 4.74 Å². The number of unbranched alkanes of at least 4 members (excludes halogenated alkanes) is 1. The maximum absolute atomic E-state index is 12.4. The summed E-state index contributed by atoms with van der Waals surface area (Å²) in [5.41, 5.74) is 0. The summed E-state index contributed by atoms with van der Waals surface area (Å²) in [5, 5.41) is 3.47. The Morgan fingerprint density at radius 2 is 2.20 bits per heavy atom. The molecule has 1 N–H and O–H groups in total. The Balaban J connectivity index is 2.05. The summed E-state index contributed by atoms with van der Waals surface area (Å²) in [4.78, 5) is 16.9. The summed E-state index contributed by atoms with van der Waals surface area (Å²) in [6.07, 6.45) is 2.87. The predicted molar refractivity (Wildman–Crippen MR) is 81.8 cm³/mol. The quantitative estimate of drug-likeness (QED) is 0.787. The van der Waals surface area contributed by atoms with Gasteiger partial charge >= 0.3 is 0 Å². The molecule has 1 amide bonds. The Bertz CT molecular complexity index is 447. The molecule has 1 aromatic heterocycles. The molecule has 4 nitrogen and oxygen atoms in total. The first-order valence-corrected chi connectivity index (χ1v) is 8.10. The highest BCUT2D eigenvalue weighted by molar-refractivity contribution is 7.12. The number of hydrogen-bond acceptors (Lipinski definition) is 4. The van der Waals surface area contributed by atoms with Gasteiger partial charge in [0.15, 0.2) is 0 Å². The van der Waals surface area contributed by atoms with Gasteiger partial charge in [0.2, 0.25) is 5.91 Å². The molecule has 20 heavy (non-hydrogen) atoms. The molecule has 2 unspecified atom stereocenters. The monoisotopic (exact) mass is 296 g/mol. The van der Waals surface area contributed by atoms with E-state index in [1.54, 1.807) is 18.4 Å². The van der Waals surface area contributed by atoms with Crippen molar-refractivity contribution in [1.29, 1.82) is 0 Å². The largest absolute Gasteiger partial charge is 0.385 e. The lowest BCUT2D eigenvalue weighted by atomic mass is 10.2. The maximum Gasteiger partial charge on any atom is 0.241 e. The van der Waals surface area contributed by atoms with Crippen LogP contribution in [0.5, 0.6) is 0 Å². The Labute approximate surface area is 125 Å². The SMILES string of the molecule is CCC1NC(c2ccc(C)s2)N(CCCCOC)C1=O. The normalized spacial score (nSPS) is 22.8. The number of amides is 1. The topological polar surface area (TPSA) is 41.6 Å². The first kappa shape index (κ1) is 15.5. The van der Waals surface area contributed by atoms with E-state index in [9.17, 15) is 4.79 Å². The van der Waals surface area contributed by atoms with Crippen molar-refractivity contribution in [3.63, 3.8) is 0 Å². The summed E-state index contributed by atoms with van der Waals surface area (Å²) in [6, 6.07) is 4.21. The summed E-state index contributed by atoms with van der Waals surface area (Å²) >= 11 is 1.77. The number of carbonyl (C=O) groups is 1. The number of ether oxygens (including phenoxy) is 1. The number of methoxy groups -OCH3 is 1. The van der Waals surface area contributed by atoms with Crippen molar-refractivity contribution in [2.75, 3.05) is 20.3 Å². The van der Waals surface area contributed by atoms with Gasteiger partial charge in [-0.15, -0.1) is 11.3 Å². The van der Waals surface area contributed by atoms with E-state index < -0.39 is 0 Å². The molecule has 0 radical (unpaired) electrons. The molecule has 2 heterocycles. The first-order chi connectivity index (χ1) is 9.67. The summed E-state index contributed by atoms with van der Waals surface area (Å²) in [5.74, 6) is 0.237. The highest BCUT2D eigenvalue weighted by atomic mass is 32.1. The van der Waals surface area contributed by atoms with Crippen LogP contribution in [0.15, 0.2) is 12.1 Å². The minimum absolute atomic E-state index is 0.0372. The van der Waals surface area contributed by atoms with Crippen molar-refractivity contribution in [2.45, 2.75) is 45.3 Å². The van der Waals surface area contributed by atoms with Crippen LogP contribution in [0.25, 0.3) is 0 Å². The van der Waals surface area contributed by atoms with Gasteiger partial charge in [0, 0.05) is 30.0 Å². The van der Waals surface area contributed by atoms with Crippen LogP contribution in [0.4, 0.5) is 0 Å². The van der Waals surface area contributed by atoms with Gasteiger partial charge < -0.3 is 9.64 Å². The van der Waals surface area contributed by atoms with Crippen molar-refractivity contribution in [2.24, 2.45) is 0 Å². The molecule has 1 saturated heterocycles. The van der Waals surface area contributed by atoms with Gasteiger partial charge in [-0.25, -0.2) is 0 Å². The van der Waals surface area contributed by atoms with Crippen molar-refractivity contribution < 1.29 is 9.53 Å². The maximum atomic E-state index is 12.4. The van der Waals surface area contributed by atoms with Gasteiger partial charge in [0.05, 0.1) is 6.04 Å². The van der Waals surface area contributed by atoms with E-state index in [0.717, 1.165) is 32.4 Å². The Kier molecular flexibility index (Phi) is 5.57. The fourth-order valence-corrected chi connectivity index (χ4v) is 3.53. The number of nitrogens with one attached hydrogen (secondary N) is 1. The molecule has 2 rings (SSSR count). The molecule has 1 fully saturated rings. The molecule has 1 aliphatic heterocycles. The van der Waals surface area contributed by atoms with Crippen molar-refractivity contribution in [3.05, 3.63) is 21.9 Å². The Morgan fingerprint density at radius 1 is 1.40 bits per heavy atom. The first-order valence-electron chi connectivity index (χ1n) is 7.29. The molecule has 1 aliphatic rings. The van der Waals surface area contributed by atoms with Crippen LogP contribution in [0, 0.1) is 6.92 Å².